The summed E-state index contributed by atoms with van der Waals surface area (Å²) >= 11 is 3.87. The molecule has 0 aromatic rings. The summed E-state index contributed by atoms with van der Waals surface area (Å²) in [6.07, 6.45) is 8.15. The van der Waals surface area contributed by atoms with Gasteiger partial charge in [0, 0.05) is 18.5 Å². The van der Waals surface area contributed by atoms with E-state index in [1.807, 2.05) is 0 Å². The van der Waals surface area contributed by atoms with Crippen LogP contribution in [0.3, 0.4) is 0 Å². The third kappa shape index (κ3) is 4.75. The second-order valence-electron chi connectivity index (χ2n) is 5.58. The molecule has 0 aromatic heterocycles. The average molecular weight is 291 g/mol. The fraction of sp³-hybridized carbons (Fsp3) is 1.00. The Balaban J connectivity index is 2.26. The smallest absolute Gasteiger partial charge is 0.0462 e. The standard InChI is InChI=1S/C14H27BrO/c1-11(2)12-7-8-14(15)13(10-12)6-4-5-9-16-3/h11-14H,4-10H2,1-3H3. The largest absolute Gasteiger partial charge is 0.385 e. The highest BCUT2D eigenvalue weighted by Gasteiger charge is 2.29. The van der Waals surface area contributed by atoms with Crippen molar-refractivity contribution in [2.45, 2.75) is 57.2 Å². The predicted molar refractivity (Wildman–Crippen MR) is 74.1 cm³/mol. The quantitative estimate of drug-likeness (QED) is 0.512. The molecular formula is C14H27BrO. The van der Waals surface area contributed by atoms with Gasteiger partial charge in [-0.15, -0.1) is 0 Å². The van der Waals surface area contributed by atoms with Crippen molar-refractivity contribution in [3.63, 3.8) is 0 Å². The molecule has 0 bridgehead atoms. The summed E-state index contributed by atoms with van der Waals surface area (Å²) in [5.41, 5.74) is 0. The molecule has 1 rings (SSSR count). The zero-order valence-electron chi connectivity index (χ0n) is 11.0. The Bertz CT molecular complexity index is 182. The molecule has 0 N–H and O–H groups in total. The number of halogens is 1. The van der Waals surface area contributed by atoms with Crippen molar-refractivity contribution in [2.24, 2.45) is 17.8 Å². The summed E-state index contributed by atoms with van der Waals surface area (Å²) in [7, 11) is 1.79. The number of methoxy groups -OCH3 is 1. The number of hydrogen-bond donors (Lipinski definition) is 0. The van der Waals surface area contributed by atoms with Gasteiger partial charge >= 0.3 is 0 Å². The van der Waals surface area contributed by atoms with E-state index in [1.54, 1.807) is 7.11 Å². The van der Waals surface area contributed by atoms with Gasteiger partial charge in [0.25, 0.3) is 0 Å². The van der Waals surface area contributed by atoms with Crippen molar-refractivity contribution in [2.75, 3.05) is 13.7 Å². The monoisotopic (exact) mass is 290 g/mol. The number of unbranched alkanes of at least 4 members (excludes halogenated alkanes) is 1. The zero-order valence-corrected chi connectivity index (χ0v) is 12.6. The van der Waals surface area contributed by atoms with E-state index in [9.17, 15) is 0 Å². The lowest BCUT2D eigenvalue weighted by Crippen LogP contribution is -2.27. The third-order valence-electron chi connectivity index (χ3n) is 4.05. The summed E-state index contributed by atoms with van der Waals surface area (Å²) in [5.74, 6) is 2.72. The zero-order chi connectivity index (χ0) is 12.0. The van der Waals surface area contributed by atoms with Crippen molar-refractivity contribution < 1.29 is 4.74 Å². The van der Waals surface area contributed by atoms with Gasteiger partial charge in [0.15, 0.2) is 0 Å². The minimum absolute atomic E-state index is 0.769. The molecule has 0 aliphatic heterocycles. The first-order chi connectivity index (χ1) is 7.65. The van der Waals surface area contributed by atoms with Crippen molar-refractivity contribution in [1.82, 2.24) is 0 Å². The van der Waals surface area contributed by atoms with Crippen LogP contribution >= 0.6 is 15.9 Å². The van der Waals surface area contributed by atoms with Crippen LogP contribution in [0.2, 0.25) is 0 Å². The van der Waals surface area contributed by atoms with Gasteiger partial charge in [-0.2, -0.15) is 0 Å². The summed E-state index contributed by atoms with van der Waals surface area (Å²) in [4.78, 5) is 0.769. The van der Waals surface area contributed by atoms with E-state index in [-0.39, 0.29) is 0 Å². The maximum Gasteiger partial charge on any atom is 0.0462 e. The predicted octanol–water partition coefficient (Wildman–Crippen LogP) is 4.64. The molecule has 1 aliphatic rings. The Hall–Kier alpha value is 0.440. The minimum atomic E-state index is 0.769. The van der Waals surface area contributed by atoms with Crippen molar-refractivity contribution in [3.05, 3.63) is 0 Å². The van der Waals surface area contributed by atoms with E-state index >= 15 is 0 Å². The number of hydrogen-bond acceptors (Lipinski definition) is 1. The molecule has 0 spiro atoms. The highest BCUT2D eigenvalue weighted by molar-refractivity contribution is 9.09. The van der Waals surface area contributed by atoms with E-state index < -0.39 is 0 Å². The van der Waals surface area contributed by atoms with Gasteiger partial charge in [-0.1, -0.05) is 36.2 Å². The summed E-state index contributed by atoms with van der Waals surface area (Å²) in [6, 6.07) is 0. The fourth-order valence-corrected chi connectivity index (χ4v) is 3.56. The van der Waals surface area contributed by atoms with Gasteiger partial charge in [-0.3, -0.25) is 0 Å². The first kappa shape index (κ1) is 14.5. The molecule has 0 amide bonds. The van der Waals surface area contributed by atoms with Crippen LogP contribution in [0.5, 0.6) is 0 Å². The molecule has 16 heavy (non-hydrogen) atoms. The first-order valence-corrected chi connectivity index (χ1v) is 7.69. The molecule has 1 aliphatic carbocycles. The molecule has 1 nitrogen and oxygen atoms in total. The van der Waals surface area contributed by atoms with Crippen molar-refractivity contribution in [1.29, 1.82) is 0 Å². The Morgan fingerprint density at radius 1 is 1.25 bits per heavy atom. The second-order valence-corrected chi connectivity index (χ2v) is 6.76. The molecular weight excluding hydrogens is 264 g/mol. The van der Waals surface area contributed by atoms with Crippen LogP contribution in [0, 0.1) is 17.8 Å². The number of alkyl halides is 1. The molecule has 0 aromatic carbocycles. The van der Waals surface area contributed by atoms with E-state index in [1.165, 1.54) is 38.5 Å². The summed E-state index contributed by atoms with van der Waals surface area (Å²) in [5, 5.41) is 0. The second kappa shape index (κ2) is 7.71. The molecule has 1 fully saturated rings. The van der Waals surface area contributed by atoms with Crippen LogP contribution < -0.4 is 0 Å². The third-order valence-corrected chi connectivity index (χ3v) is 5.25. The van der Waals surface area contributed by atoms with Crippen LogP contribution in [-0.4, -0.2) is 18.5 Å². The molecule has 1 saturated carbocycles. The summed E-state index contributed by atoms with van der Waals surface area (Å²) < 4.78 is 5.11. The maximum absolute atomic E-state index is 5.11. The molecule has 0 heterocycles. The van der Waals surface area contributed by atoms with Gasteiger partial charge in [-0.25, -0.2) is 0 Å². The van der Waals surface area contributed by atoms with Crippen LogP contribution in [0.15, 0.2) is 0 Å². The lowest BCUT2D eigenvalue weighted by molar-refractivity contribution is 0.180. The lowest BCUT2D eigenvalue weighted by Gasteiger charge is -2.35. The Morgan fingerprint density at radius 2 is 2.00 bits per heavy atom. The average Bonchev–Trinajstić information content (AvgIpc) is 2.26. The SMILES string of the molecule is COCCCCC1CC(C(C)C)CCC1Br. The fourth-order valence-electron chi connectivity index (χ4n) is 2.82. The van der Waals surface area contributed by atoms with E-state index in [2.05, 4.69) is 29.8 Å². The maximum atomic E-state index is 5.11. The Morgan fingerprint density at radius 3 is 2.62 bits per heavy atom. The minimum Gasteiger partial charge on any atom is -0.385 e. The normalized spacial score (nSPS) is 30.9. The molecule has 2 heteroatoms. The molecule has 96 valence electrons. The van der Waals surface area contributed by atoms with E-state index in [0.29, 0.717) is 0 Å². The highest BCUT2D eigenvalue weighted by atomic mass is 79.9. The highest BCUT2D eigenvalue weighted by Crippen LogP contribution is 2.39. The van der Waals surface area contributed by atoms with Crippen LogP contribution in [0.25, 0.3) is 0 Å². The molecule has 3 unspecified atom stereocenters. The lowest BCUT2D eigenvalue weighted by atomic mass is 9.74. The first-order valence-electron chi connectivity index (χ1n) is 6.78. The van der Waals surface area contributed by atoms with E-state index in [0.717, 1.165) is 29.2 Å². The topological polar surface area (TPSA) is 9.23 Å². The van der Waals surface area contributed by atoms with Gasteiger partial charge in [-0.05, 0) is 49.9 Å². The summed E-state index contributed by atoms with van der Waals surface area (Å²) in [6.45, 7) is 5.68. The van der Waals surface area contributed by atoms with Crippen LogP contribution in [-0.2, 0) is 4.74 Å². The Kier molecular flexibility index (Phi) is 6.98. The van der Waals surface area contributed by atoms with Gasteiger partial charge in [0.05, 0.1) is 0 Å². The van der Waals surface area contributed by atoms with Gasteiger partial charge in [0.1, 0.15) is 0 Å². The van der Waals surface area contributed by atoms with E-state index in [4.69, 9.17) is 4.74 Å². The Labute approximate surface area is 109 Å². The van der Waals surface area contributed by atoms with Crippen molar-refractivity contribution in [3.8, 4) is 0 Å². The molecule has 0 radical (unpaired) electrons. The van der Waals surface area contributed by atoms with Crippen molar-refractivity contribution >= 4 is 15.9 Å². The molecule has 0 saturated heterocycles. The van der Waals surface area contributed by atoms with Crippen LogP contribution in [0.1, 0.15) is 52.4 Å². The van der Waals surface area contributed by atoms with Gasteiger partial charge < -0.3 is 4.74 Å². The van der Waals surface area contributed by atoms with Gasteiger partial charge in [0.2, 0.25) is 0 Å². The number of ether oxygens (including phenoxy) is 1. The van der Waals surface area contributed by atoms with Crippen LogP contribution in [0.4, 0.5) is 0 Å². The number of rotatable bonds is 6. The molecule has 3 atom stereocenters.